The van der Waals surface area contributed by atoms with E-state index in [9.17, 15) is 4.79 Å². The van der Waals surface area contributed by atoms with E-state index >= 15 is 0 Å². The van der Waals surface area contributed by atoms with Crippen LogP contribution >= 0.6 is 0 Å². The van der Waals surface area contributed by atoms with E-state index in [1.165, 1.54) is 12.4 Å². The maximum absolute atomic E-state index is 12.5. The van der Waals surface area contributed by atoms with Gasteiger partial charge in [-0.25, -0.2) is 14.8 Å². The molecule has 0 spiro atoms. The number of anilines is 2. The van der Waals surface area contributed by atoms with Crippen molar-refractivity contribution in [1.29, 1.82) is 5.26 Å². The number of H-pyrrole nitrogens is 1. The summed E-state index contributed by atoms with van der Waals surface area (Å²) < 4.78 is 17.1. The van der Waals surface area contributed by atoms with Crippen LogP contribution in [0.3, 0.4) is 0 Å². The highest BCUT2D eigenvalue weighted by atomic mass is 16.6. The molecule has 0 bridgehead atoms. The van der Waals surface area contributed by atoms with Crippen LogP contribution in [0.1, 0.15) is 38.1 Å². The molecular weight excluding hydrogens is 450 g/mol. The quantitative estimate of drug-likeness (QED) is 0.562. The summed E-state index contributed by atoms with van der Waals surface area (Å²) in [4.78, 5) is 22.3. The number of aromatic nitrogens is 4. The third-order valence-corrected chi connectivity index (χ3v) is 5.21. The molecule has 0 aliphatic carbocycles. The Morgan fingerprint density at radius 2 is 2.09 bits per heavy atom. The molecule has 3 aromatic rings. The highest BCUT2D eigenvalue weighted by molar-refractivity contribution is 5.71. The van der Waals surface area contributed by atoms with E-state index in [1.807, 2.05) is 51.1 Å². The molecule has 0 saturated carbocycles. The lowest BCUT2D eigenvalue weighted by Crippen LogP contribution is -2.44. The van der Waals surface area contributed by atoms with Gasteiger partial charge in [-0.15, -0.1) is 0 Å². The predicted molar refractivity (Wildman–Crippen MR) is 127 cm³/mol. The van der Waals surface area contributed by atoms with Gasteiger partial charge in [-0.3, -0.25) is 5.10 Å². The fourth-order valence-electron chi connectivity index (χ4n) is 3.58. The van der Waals surface area contributed by atoms with Crippen LogP contribution in [0.5, 0.6) is 5.75 Å². The van der Waals surface area contributed by atoms with Crippen molar-refractivity contribution in [3.63, 3.8) is 0 Å². The molecule has 1 unspecified atom stereocenters. The summed E-state index contributed by atoms with van der Waals surface area (Å²) >= 11 is 0. The Balaban J connectivity index is 1.49. The van der Waals surface area contributed by atoms with Gasteiger partial charge in [0.05, 0.1) is 38.3 Å². The number of carbonyl (C=O) groups is 1. The number of hydrogen-bond acceptors (Lipinski definition) is 9. The van der Waals surface area contributed by atoms with Crippen LogP contribution in [-0.4, -0.2) is 63.6 Å². The van der Waals surface area contributed by atoms with Gasteiger partial charge in [0.2, 0.25) is 0 Å². The normalized spacial score (nSPS) is 15.9. The van der Waals surface area contributed by atoms with Gasteiger partial charge in [-0.1, -0.05) is 6.07 Å². The molecule has 0 radical (unpaired) electrons. The number of ether oxygens (including phenoxy) is 3. The first-order chi connectivity index (χ1) is 16.8. The lowest BCUT2D eigenvalue weighted by atomic mass is 10.0. The molecule has 2 aromatic heterocycles. The SMILES string of the molecule is COc1cc(C2CN(C(=O)OC(C)(C)C)CCO2)ccc1-c1cc(Nc2cnc(C#N)cn2)n[nH]1. The molecule has 11 heteroatoms. The number of nitriles is 1. The highest BCUT2D eigenvalue weighted by Crippen LogP contribution is 2.34. The Kier molecular flexibility index (Phi) is 6.84. The second-order valence-electron chi connectivity index (χ2n) is 8.94. The second-order valence-corrected chi connectivity index (χ2v) is 8.94. The number of rotatable bonds is 5. The van der Waals surface area contributed by atoms with Gasteiger partial charge in [0.25, 0.3) is 0 Å². The minimum Gasteiger partial charge on any atom is -0.496 e. The van der Waals surface area contributed by atoms with Gasteiger partial charge >= 0.3 is 6.09 Å². The van der Waals surface area contributed by atoms with Gasteiger partial charge < -0.3 is 24.4 Å². The minimum absolute atomic E-state index is 0.235. The Labute approximate surface area is 203 Å². The zero-order valence-electron chi connectivity index (χ0n) is 20.0. The summed E-state index contributed by atoms with van der Waals surface area (Å²) in [7, 11) is 1.60. The van der Waals surface area contributed by atoms with E-state index in [4.69, 9.17) is 19.5 Å². The highest BCUT2D eigenvalue weighted by Gasteiger charge is 2.29. The number of methoxy groups -OCH3 is 1. The topological polar surface area (TPSA) is 138 Å². The average Bonchev–Trinajstić information content (AvgIpc) is 3.31. The number of benzene rings is 1. The molecule has 11 nitrogen and oxygen atoms in total. The molecule has 4 rings (SSSR count). The largest absolute Gasteiger partial charge is 0.496 e. The van der Waals surface area contributed by atoms with Crippen molar-refractivity contribution in [2.75, 3.05) is 32.1 Å². The Hall–Kier alpha value is -4.17. The van der Waals surface area contributed by atoms with Crippen LogP contribution < -0.4 is 10.1 Å². The summed E-state index contributed by atoms with van der Waals surface area (Å²) in [6.45, 7) is 6.83. The molecular formula is C24H27N7O4. The van der Waals surface area contributed by atoms with E-state index < -0.39 is 5.60 Å². The molecule has 3 heterocycles. The lowest BCUT2D eigenvalue weighted by molar-refractivity contribution is -0.0433. The number of aromatic amines is 1. The number of nitrogens with zero attached hydrogens (tertiary/aromatic N) is 5. The third kappa shape index (κ3) is 5.85. The molecule has 1 amide bonds. The van der Waals surface area contributed by atoms with Gasteiger partial charge in [0, 0.05) is 18.2 Å². The van der Waals surface area contributed by atoms with E-state index in [2.05, 4.69) is 25.5 Å². The number of nitrogens with one attached hydrogen (secondary N) is 2. The van der Waals surface area contributed by atoms with E-state index in [0.717, 1.165) is 16.8 Å². The molecule has 182 valence electrons. The second kappa shape index (κ2) is 9.99. The first-order valence-corrected chi connectivity index (χ1v) is 11.1. The van der Waals surface area contributed by atoms with Crippen molar-refractivity contribution >= 4 is 17.7 Å². The molecule has 1 aliphatic heterocycles. The van der Waals surface area contributed by atoms with Gasteiger partial charge in [-0.2, -0.15) is 10.4 Å². The zero-order valence-corrected chi connectivity index (χ0v) is 20.0. The summed E-state index contributed by atoms with van der Waals surface area (Å²) in [5.41, 5.74) is 2.11. The molecule has 1 aliphatic rings. The Morgan fingerprint density at radius 3 is 2.77 bits per heavy atom. The number of hydrogen-bond donors (Lipinski definition) is 2. The molecule has 1 fully saturated rings. The predicted octanol–water partition coefficient (Wildman–Crippen LogP) is 3.80. The first kappa shape index (κ1) is 24.0. The Morgan fingerprint density at radius 1 is 1.26 bits per heavy atom. The summed E-state index contributed by atoms with van der Waals surface area (Å²) in [6.07, 6.45) is 2.20. The molecule has 35 heavy (non-hydrogen) atoms. The number of carbonyl (C=O) groups excluding carboxylic acids is 1. The summed E-state index contributed by atoms with van der Waals surface area (Å²) in [6, 6.07) is 9.51. The van der Waals surface area contributed by atoms with Crippen molar-refractivity contribution in [2.45, 2.75) is 32.5 Å². The zero-order chi connectivity index (χ0) is 25.0. The Bertz CT molecular complexity index is 1230. The fraction of sp³-hybridized carbons (Fsp3) is 0.375. The van der Waals surface area contributed by atoms with Crippen LogP contribution in [-0.2, 0) is 9.47 Å². The van der Waals surface area contributed by atoms with Crippen LogP contribution in [0, 0.1) is 11.3 Å². The monoisotopic (exact) mass is 477 g/mol. The van der Waals surface area contributed by atoms with E-state index in [-0.39, 0.29) is 17.9 Å². The van der Waals surface area contributed by atoms with Gasteiger partial charge in [0.15, 0.2) is 11.5 Å². The van der Waals surface area contributed by atoms with Crippen molar-refractivity contribution in [2.24, 2.45) is 0 Å². The van der Waals surface area contributed by atoms with Crippen LogP contribution in [0.4, 0.5) is 16.4 Å². The smallest absolute Gasteiger partial charge is 0.410 e. The first-order valence-electron chi connectivity index (χ1n) is 11.1. The van der Waals surface area contributed by atoms with Gasteiger partial charge in [-0.05, 0) is 38.5 Å². The minimum atomic E-state index is -0.555. The summed E-state index contributed by atoms with van der Waals surface area (Å²) in [5, 5.41) is 19.1. The van der Waals surface area contributed by atoms with Crippen LogP contribution in [0.2, 0.25) is 0 Å². The molecule has 1 atom stereocenters. The van der Waals surface area contributed by atoms with Gasteiger partial charge in [0.1, 0.15) is 29.3 Å². The maximum Gasteiger partial charge on any atom is 0.410 e. The lowest BCUT2D eigenvalue weighted by Gasteiger charge is -2.34. The average molecular weight is 478 g/mol. The third-order valence-electron chi connectivity index (χ3n) is 5.21. The number of morpholine rings is 1. The summed E-state index contributed by atoms with van der Waals surface area (Å²) in [5.74, 6) is 1.64. The van der Waals surface area contributed by atoms with Crippen LogP contribution in [0.15, 0.2) is 36.7 Å². The van der Waals surface area contributed by atoms with Crippen molar-refractivity contribution in [1.82, 2.24) is 25.1 Å². The standard InChI is InChI=1S/C24H27N7O4/c1-24(2,3)35-23(32)31-7-8-34-20(14-31)15-5-6-17(19(9-15)33-4)18-10-21(30-29-18)28-22-13-26-16(11-25)12-27-22/h5-6,9-10,12-13,20H,7-8,14H2,1-4H3,(H2,27,28,29,30). The fourth-order valence-corrected chi connectivity index (χ4v) is 3.58. The molecule has 2 N–H and O–H groups in total. The van der Waals surface area contributed by atoms with Crippen LogP contribution in [0.25, 0.3) is 11.3 Å². The maximum atomic E-state index is 12.5. The molecule has 1 aromatic carbocycles. The van der Waals surface area contributed by atoms with Crippen molar-refractivity contribution in [3.8, 4) is 23.1 Å². The van der Waals surface area contributed by atoms with E-state index in [1.54, 1.807) is 12.0 Å². The number of amides is 1. The molecule has 1 saturated heterocycles. The van der Waals surface area contributed by atoms with Crippen molar-refractivity contribution < 1.29 is 19.0 Å². The van der Waals surface area contributed by atoms with E-state index in [0.29, 0.717) is 37.1 Å². The van der Waals surface area contributed by atoms with Crippen molar-refractivity contribution in [3.05, 3.63) is 47.9 Å².